The van der Waals surface area contributed by atoms with Crippen molar-refractivity contribution in [3.63, 3.8) is 0 Å². The molecule has 0 spiro atoms. The Labute approximate surface area is 114 Å². The SMILES string of the molecule is CC[C@@H](N)c1ccc(N(C)Cc2nccn2C)cn1. The van der Waals surface area contributed by atoms with Gasteiger partial charge in [0.15, 0.2) is 0 Å². The number of imidazole rings is 1. The molecule has 5 nitrogen and oxygen atoms in total. The number of nitrogens with zero attached hydrogens (tertiary/aromatic N) is 4. The topological polar surface area (TPSA) is 60.0 Å². The number of aromatic nitrogens is 3. The van der Waals surface area contributed by atoms with Crippen LogP contribution in [0.1, 0.15) is 30.9 Å². The van der Waals surface area contributed by atoms with Gasteiger partial charge in [-0.15, -0.1) is 0 Å². The maximum absolute atomic E-state index is 5.96. The van der Waals surface area contributed by atoms with Crippen LogP contribution in [0.4, 0.5) is 5.69 Å². The van der Waals surface area contributed by atoms with Gasteiger partial charge in [0.05, 0.1) is 24.1 Å². The van der Waals surface area contributed by atoms with Crippen molar-refractivity contribution in [3.8, 4) is 0 Å². The molecule has 0 aliphatic rings. The number of aryl methyl sites for hydroxylation is 1. The van der Waals surface area contributed by atoms with E-state index in [1.165, 1.54) is 0 Å². The summed E-state index contributed by atoms with van der Waals surface area (Å²) < 4.78 is 2.02. The summed E-state index contributed by atoms with van der Waals surface area (Å²) in [6, 6.07) is 4.08. The summed E-state index contributed by atoms with van der Waals surface area (Å²) in [5.41, 5.74) is 7.97. The van der Waals surface area contributed by atoms with Gasteiger partial charge in [0.25, 0.3) is 0 Å². The van der Waals surface area contributed by atoms with E-state index in [2.05, 4.69) is 27.9 Å². The van der Waals surface area contributed by atoms with Gasteiger partial charge in [0.1, 0.15) is 5.82 Å². The van der Waals surface area contributed by atoms with Crippen LogP contribution in [0.3, 0.4) is 0 Å². The molecule has 0 saturated heterocycles. The lowest BCUT2D eigenvalue weighted by Gasteiger charge is -2.19. The maximum atomic E-state index is 5.96. The van der Waals surface area contributed by atoms with Gasteiger partial charge < -0.3 is 15.2 Å². The van der Waals surface area contributed by atoms with E-state index in [-0.39, 0.29) is 6.04 Å². The summed E-state index contributed by atoms with van der Waals surface area (Å²) in [5.74, 6) is 1.02. The molecule has 0 radical (unpaired) electrons. The molecule has 0 amide bonds. The van der Waals surface area contributed by atoms with Gasteiger partial charge in [-0.05, 0) is 18.6 Å². The minimum absolute atomic E-state index is 0.0221. The predicted molar refractivity (Wildman–Crippen MR) is 76.8 cm³/mol. The van der Waals surface area contributed by atoms with Gasteiger partial charge in [-0.1, -0.05) is 6.92 Å². The lowest BCUT2D eigenvalue weighted by Crippen LogP contribution is -2.19. The van der Waals surface area contributed by atoms with E-state index < -0.39 is 0 Å². The Morgan fingerprint density at radius 3 is 2.68 bits per heavy atom. The second-order valence-corrected chi connectivity index (χ2v) is 4.77. The average molecular weight is 259 g/mol. The Hall–Kier alpha value is -1.88. The smallest absolute Gasteiger partial charge is 0.127 e. The number of hydrogen-bond donors (Lipinski definition) is 1. The van der Waals surface area contributed by atoms with Crippen molar-refractivity contribution in [1.29, 1.82) is 0 Å². The summed E-state index contributed by atoms with van der Waals surface area (Å²) in [4.78, 5) is 10.9. The Bertz CT molecular complexity index is 517. The normalized spacial score (nSPS) is 12.4. The van der Waals surface area contributed by atoms with E-state index in [9.17, 15) is 0 Å². The predicted octanol–water partition coefficient (Wildman–Crippen LogP) is 1.86. The van der Waals surface area contributed by atoms with Crippen LogP contribution in [0.2, 0.25) is 0 Å². The zero-order chi connectivity index (χ0) is 13.8. The van der Waals surface area contributed by atoms with Crippen LogP contribution < -0.4 is 10.6 Å². The third kappa shape index (κ3) is 3.12. The maximum Gasteiger partial charge on any atom is 0.127 e. The molecule has 2 aromatic rings. The summed E-state index contributed by atoms with van der Waals surface area (Å²) >= 11 is 0. The van der Waals surface area contributed by atoms with Crippen LogP contribution in [0.5, 0.6) is 0 Å². The van der Waals surface area contributed by atoms with E-state index in [1.54, 1.807) is 0 Å². The van der Waals surface area contributed by atoms with Crippen LogP contribution in [-0.2, 0) is 13.6 Å². The highest BCUT2D eigenvalue weighted by atomic mass is 15.2. The molecule has 1 atom stereocenters. The third-order valence-electron chi connectivity index (χ3n) is 3.33. The van der Waals surface area contributed by atoms with Crippen molar-refractivity contribution in [1.82, 2.24) is 14.5 Å². The molecule has 0 saturated carbocycles. The van der Waals surface area contributed by atoms with Crippen molar-refractivity contribution in [2.75, 3.05) is 11.9 Å². The number of hydrogen-bond acceptors (Lipinski definition) is 4. The minimum atomic E-state index is 0.0221. The van der Waals surface area contributed by atoms with Crippen LogP contribution in [-0.4, -0.2) is 21.6 Å². The van der Waals surface area contributed by atoms with E-state index in [4.69, 9.17) is 5.73 Å². The van der Waals surface area contributed by atoms with Gasteiger partial charge in [-0.25, -0.2) is 4.98 Å². The molecule has 2 N–H and O–H groups in total. The first-order valence-electron chi connectivity index (χ1n) is 6.50. The monoisotopic (exact) mass is 259 g/mol. The minimum Gasteiger partial charge on any atom is -0.366 e. The summed E-state index contributed by atoms with van der Waals surface area (Å²) in [7, 11) is 4.03. The first kappa shape index (κ1) is 13.5. The van der Waals surface area contributed by atoms with E-state index in [0.29, 0.717) is 0 Å². The van der Waals surface area contributed by atoms with Gasteiger partial charge in [0, 0.05) is 32.5 Å². The molecule has 0 unspecified atom stereocenters. The number of rotatable bonds is 5. The molecule has 0 aliphatic heterocycles. The highest BCUT2D eigenvalue weighted by Crippen LogP contribution is 2.17. The van der Waals surface area contributed by atoms with Gasteiger partial charge in [-0.2, -0.15) is 0 Å². The van der Waals surface area contributed by atoms with Gasteiger partial charge in [0.2, 0.25) is 0 Å². The van der Waals surface area contributed by atoms with Crippen LogP contribution in [0.15, 0.2) is 30.7 Å². The fourth-order valence-electron chi connectivity index (χ4n) is 1.90. The molecule has 0 aromatic carbocycles. The highest BCUT2D eigenvalue weighted by molar-refractivity contribution is 5.44. The summed E-state index contributed by atoms with van der Waals surface area (Å²) in [5, 5.41) is 0. The Balaban J connectivity index is 2.07. The quantitative estimate of drug-likeness (QED) is 0.890. The van der Waals surface area contributed by atoms with E-state index in [1.807, 2.05) is 43.3 Å². The molecular formula is C14H21N5. The fraction of sp³-hybridized carbons (Fsp3) is 0.429. The van der Waals surface area contributed by atoms with Crippen LogP contribution in [0, 0.1) is 0 Å². The average Bonchev–Trinajstić information content (AvgIpc) is 2.83. The second-order valence-electron chi connectivity index (χ2n) is 4.77. The van der Waals surface area contributed by atoms with Crippen molar-refractivity contribution < 1.29 is 0 Å². The molecule has 0 aliphatic carbocycles. The number of nitrogens with two attached hydrogens (primary N) is 1. The molecule has 0 fully saturated rings. The lowest BCUT2D eigenvalue weighted by atomic mass is 10.1. The Kier molecular flexibility index (Phi) is 4.16. The largest absolute Gasteiger partial charge is 0.366 e. The molecule has 19 heavy (non-hydrogen) atoms. The molecule has 102 valence electrons. The van der Waals surface area contributed by atoms with E-state index in [0.717, 1.165) is 30.2 Å². The van der Waals surface area contributed by atoms with Crippen molar-refractivity contribution >= 4 is 5.69 Å². The Morgan fingerprint density at radius 1 is 1.37 bits per heavy atom. The number of pyridine rings is 1. The van der Waals surface area contributed by atoms with E-state index >= 15 is 0 Å². The first-order chi connectivity index (χ1) is 9.11. The molecule has 2 aromatic heterocycles. The van der Waals surface area contributed by atoms with Crippen LogP contribution in [0.25, 0.3) is 0 Å². The third-order valence-corrected chi connectivity index (χ3v) is 3.33. The lowest BCUT2D eigenvalue weighted by molar-refractivity contribution is 0.674. The first-order valence-corrected chi connectivity index (χ1v) is 6.50. The van der Waals surface area contributed by atoms with Crippen molar-refractivity contribution in [2.24, 2.45) is 12.8 Å². The molecular weight excluding hydrogens is 238 g/mol. The molecule has 5 heteroatoms. The fourth-order valence-corrected chi connectivity index (χ4v) is 1.90. The van der Waals surface area contributed by atoms with Gasteiger partial charge in [-0.3, -0.25) is 4.98 Å². The van der Waals surface area contributed by atoms with Gasteiger partial charge >= 0.3 is 0 Å². The zero-order valence-electron chi connectivity index (χ0n) is 11.7. The Morgan fingerprint density at radius 2 is 2.16 bits per heavy atom. The summed E-state index contributed by atoms with van der Waals surface area (Å²) in [6.07, 6.45) is 6.53. The number of anilines is 1. The van der Waals surface area contributed by atoms with Crippen molar-refractivity contribution in [2.45, 2.75) is 25.9 Å². The van der Waals surface area contributed by atoms with Crippen LogP contribution >= 0.6 is 0 Å². The molecule has 0 bridgehead atoms. The molecule has 2 rings (SSSR count). The standard InChI is InChI=1S/C14H21N5/c1-4-12(15)13-6-5-11(9-17-13)19(3)10-14-16-7-8-18(14)2/h5-9,12H,4,10,15H2,1-3H3/t12-/m1/s1. The second kappa shape index (κ2) is 5.84. The zero-order valence-corrected chi connectivity index (χ0v) is 11.7. The molecule has 2 heterocycles. The summed E-state index contributed by atoms with van der Waals surface area (Å²) in [6.45, 7) is 2.82. The van der Waals surface area contributed by atoms with Crippen molar-refractivity contribution in [3.05, 3.63) is 42.2 Å². The highest BCUT2D eigenvalue weighted by Gasteiger charge is 2.08.